The van der Waals surface area contributed by atoms with Crippen LogP contribution in [0.1, 0.15) is 22.8 Å². The summed E-state index contributed by atoms with van der Waals surface area (Å²) in [5, 5.41) is 0. The van der Waals surface area contributed by atoms with Gasteiger partial charge in [-0.25, -0.2) is 0 Å². The summed E-state index contributed by atoms with van der Waals surface area (Å²) in [4.78, 5) is 23.8. The van der Waals surface area contributed by atoms with Crippen LogP contribution in [0.5, 0.6) is 0 Å². The minimum absolute atomic E-state index is 0.136. The second kappa shape index (κ2) is 5.91. The van der Waals surface area contributed by atoms with Gasteiger partial charge >= 0.3 is 0 Å². The van der Waals surface area contributed by atoms with E-state index in [0.717, 1.165) is 5.56 Å². The quantitative estimate of drug-likeness (QED) is 0.614. The summed E-state index contributed by atoms with van der Waals surface area (Å²) in [6.07, 6.45) is 1.39. The molecule has 0 radical (unpaired) electrons. The van der Waals surface area contributed by atoms with Crippen LogP contribution in [0.25, 0.3) is 5.57 Å². The molecule has 0 unspecified atom stereocenters. The van der Waals surface area contributed by atoms with Crippen LogP contribution in [-0.2, 0) is 4.79 Å². The molecule has 94 valence electrons. The van der Waals surface area contributed by atoms with E-state index < -0.39 is 0 Å². The number of allylic oxidation sites excluding steroid dienone is 2. The minimum Gasteiger partial charge on any atom is -0.295 e. The van der Waals surface area contributed by atoms with Gasteiger partial charge < -0.3 is 0 Å². The van der Waals surface area contributed by atoms with Gasteiger partial charge in [0.15, 0.2) is 11.6 Å². The van der Waals surface area contributed by atoms with Crippen molar-refractivity contribution >= 4 is 17.1 Å². The highest BCUT2D eigenvalue weighted by molar-refractivity contribution is 6.31. The van der Waals surface area contributed by atoms with Crippen LogP contribution < -0.4 is 0 Å². The molecule has 0 aliphatic rings. The maximum Gasteiger partial charge on any atom is 0.193 e. The highest BCUT2D eigenvalue weighted by Crippen LogP contribution is 2.19. The van der Waals surface area contributed by atoms with Crippen molar-refractivity contribution in [3.63, 3.8) is 0 Å². The Morgan fingerprint density at radius 3 is 1.74 bits per heavy atom. The molecule has 0 saturated heterocycles. The molecular weight excluding hydrogens is 236 g/mol. The highest BCUT2D eigenvalue weighted by atomic mass is 16.1. The molecule has 0 aliphatic carbocycles. The maximum atomic E-state index is 12.5. The zero-order valence-electron chi connectivity index (χ0n) is 10.7. The lowest BCUT2D eigenvalue weighted by atomic mass is 9.96. The molecule has 0 atom stereocenters. The molecule has 0 saturated carbocycles. The van der Waals surface area contributed by atoms with Crippen molar-refractivity contribution in [2.45, 2.75) is 6.92 Å². The lowest BCUT2D eigenvalue weighted by Gasteiger charge is -2.06. The first-order valence-corrected chi connectivity index (χ1v) is 6.06. The van der Waals surface area contributed by atoms with Crippen molar-refractivity contribution in [2.24, 2.45) is 0 Å². The van der Waals surface area contributed by atoms with Crippen molar-refractivity contribution in [3.05, 3.63) is 77.9 Å². The van der Waals surface area contributed by atoms with Crippen molar-refractivity contribution < 1.29 is 9.59 Å². The summed E-state index contributed by atoms with van der Waals surface area (Å²) in [5.41, 5.74) is 1.77. The molecule has 2 aromatic carbocycles. The third-order valence-corrected chi connectivity index (χ3v) is 2.71. The van der Waals surface area contributed by atoms with Gasteiger partial charge in [-0.3, -0.25) is 9.59 Å². The number of rotatable bonds is 4. The first-order chi connectivity index (χ1) is 9.18. The number of carbonyl (C=O) groups is 2. The van der Waals surface area contributed by atoms with Crippen molar-refractivity contribution in [1.29, 1.82) is 0 Å². The van der Waals surface area contributed by atoms with Gasteiger partial charge in [-0.05, 0) is 18.6 Å². The topological polar surface area (TPSA) is 34.1 Å². The Hall–Kier alpha value is -2.48. The van der Waals surface area contributed by atoms with Crippen LogP contribution in [0.3, 0.4) is 0 Å². The first kappa shape index (κ1) is 13.0. The Morgan fingerprint density at radius 1 is 0.789 bits per heavy atom. The first-order valence-electron chi connectivity index (χ1n) is 6.06. The molecule has 0 bridgehead atoms. The van der Waals surface area contributed by atoms with Crippen LogP contribution in [-0.4, -0.2) is 11.6 Å². The van der Waals surface area contributed by atoms with Gasteiger partial charge in [-0.1, -0.05) is 60.7 Å². The number of hydrogen-bond acceptors (Lipinski definition) is 2. The van der Waals surface area contributed by atoms with E-state index in [-0.39, 0.29) is 11.6 Å². The van der Waals surface area contributed by atoms with E-state index in [0.29, 0.717) is 11.1 Å². The predicted octanol–water partition coefficient (Wildman–Crippen LogP) is 3.54. The van der Waals surface area contributed by atoms with E-state index in [2.05, 4.69) is 0 Å². The molecule has 0 spiro atoms. The van der Waals surface area contributed by atoms with E-state index in [1.165, 1.54) is 13.0 Å². The van der Waals surface area contributed by atoms with E-state index in [4.69, 9.17) is 0 Å². The molecule has 0 aliphatic heterocycles. The Morgan fingerprint density at radius 2 is 1.26 bits per heavy atom. The number of carbonyl (C=O) groups excluding carboxylic acids is 2. The van der Waals surface area contributed by atoms with Crippen LogP contribution in [0.4, 0.5) is 0 Å². The Labute approximate surface area is 112 Å². The Balaban J connectivity index is 2.46. The molecule has 19 heavy (non-hydrogen) atoms. The summed E-state index contributed by atoms with van der Waals surface area (Å²) in [7, 11) is 0. The lowest BCUT2D eigenvalue weighted by molar-refractivity contribution is -0.112. The molecule has 0 heterocycles. The van der Waals surface area contributed by atoms with E-state index in [9.17, 15) is 9.59 Å². The van der Waals surface area contributed by atoms with Gasteiger partial charge in [0.25, 0.3) is 0 Å². The second-order valence-corrected chi connectivity index (χ2v) is 4.23. The summed E-state index contributed by atoms with van der Waals surface area (Å²) >= 11 is 0. The van der Waals surface area contributed by atoms with Gasteiger partial charge in [0.2, 0.25) is 0 Å². The molecule has 2 rings (SSSR count). The Kier molecular flexibility index (Phi) is 4.04. The maximum absolute atomic E-state index is 12.5. The highest BCUT2D eigenvalue weighted by Gasteiger charge is 2.14. The van der Waals surface area contributed by atoms with Crippen LogP contribution in [0.2, 0.25) is 0 Å². The minimum atomic E-state index is -0.137. The Bertz CT molecular complexity index is 610. The van der Waals surface area contributed by atoms with E-state index in [1.54, 1.807) is 12.1 Å². The van der Waals surface area contributed by atoms with Crippen molar-refractivity contribution in [1.82, 2.24) is 0 Å². The zero-order chi connectivity index (χ0) is 13.7. The monoisotopic (exact) mass is 250 g/mol. The number of Topliss-reactive ketones (excluding diaryl/α,β-unsaturated/α-hetero) is 1. The number of ketones is 2. The van der Waals surface area contributed by atoms with Crippen LogP contribution in [0.15, 0.2) is 66.7 Å². The largest absolute Gasteiger partial charge is 0.295 e. The summed E-state index contributed by atoms with van der Waals surface area (Å²) in [5.74, 6) is -0.273. The number of benzene rings is 2. The second-order valence-electron chi connectivity index (χ2n) is 4.23. The molecule has 2 aromatic rings. The van der Waals surface area contributed by atoms with Crippen LogP contribution >= 0.6 is 0 Å². The smallest absolute Gasteiger partial charge is 0.193 e. The van der Waals surface area contributed by atoms with Crippen molar-refractivity contribution in [3.8, 4) is 0 Å². The number of hydrogen-bond donors (Lipinski definition) is 0. The van der Waals surface area contributed by atoms with E-state index >= 15 is 0 Å². The molecule has 0 aromatic heterocycles. The van der Waals surface area contributed by atoms with Gasteiger partial charge in [0, 0.05) is 11.1 Å². The standard InChI is InChI=1S/C17H14O2/c1-13(18)12-16(14-8-4-2-5-9-14)17(19)15-10-6-3-7-11-15/h2-12H,1H3. The molecule has 0 N–H and O–H groups in total. The van der Waals surface area contributed by atoms with Gasteiger partial charge in [-0.15, -0.1) is 0 Å². The molecule has 2 heteroatoms. The predicted molar refractivity (Wildman–Crippen MR) is 75.9 cm³/mol. The molecular formula is C17H14O2. The van der Waals surface area contributed by atoms with Gasteiger partial charge in [-0.2, -0.15) is 0 Å². The molecule has 0 amide bonds. The SMILES string of the molecule is CC(=O)C=C(C(=O)c1ccccc1)c1ccccc1. The van der Waals surface area contributed by atoms with Crippen LogP contribution in [0, 0.1) is 0 Å². The fourth-order valence-corrected chi connectivity index (χ4v) is 1.85. The van der Waals surface area contributed by atoms with Gasteiger partial charge in [0.1, 0.15) is 0 Å². The third-order valence-electron chi connectivity index (χ3n) is 2.71. The molecule has 0 fully saturated rings. The lowest BCUT2D eigenvalue weighted by Crippen LogP contribution is -2.04. The van der Waals surface area contributed by atoms with E-state index in [1.807, 2.05) is 48.5 Å². The third kappa shape index (κ3) is 3.26. The summed E-state index contributed by atoms with van der Waals surface area (Å²) < 4.78 is 0. The zero-order valence-corrected chi connectivity index (χ0v) is 10.7. The van der Waals surface area contributed by atoms with Gasteiger partial charge in [0.05, 0.1) is 0 Å². The fourth-order valence-electron chi connectivity index (χ4n) is 1.85. The summed E-state index contributed by atoms with van der Waals surface area (Å²) in [6.45, 7) is 1.45. The molecule has 2 nitrogen and oxygen atoms in total. The average Bonchev–Trinajstić information content (AvgIpc) is 2.46. The summed E-state index contributed by atoms with van der Waals surface area (Å²) in [6, 6.07) is 18.2. The normalized spacial score (nSPS) is 11.1. The average molecular weight is 250 g/mol. The fraction of sp³-hybridized carbons (Fsp3) is 0.0588. The van der Waals surface area contributed by atoms with Crippen molar-refractivity contribution in [2.75, 3.05) is 0 Å².